The minimum atomic E-state index is -0.241. The van der Waals surface area contributed by atoms with Crippen molar-refractivity contribution in [1.29, 1.82) is 0 Å². The molecule has 0 saturated heterocycles. The summed E-state index contributed by atoms with van der Waals surface area (Å²) in [6, 6.07) is 8.45. The number of nitrogen functional groups attached to an aromatic ring is 1. The highest BCUT2D eigenvalue weighted by Crippen LogP contribution is 2.20. The van der Waals surface area contributed by atoms with Gasteiger partial charge in [0.2, 0.25) is 0 Å². The minimum Gasteiger partial charge on any atom is -0.384 e. The lowest BCUT2D eigenvalue weighted by Gasteiger charge is -2.09. The maximum atomic E-state index is 12.0. The zero-order valence-corrected chi connectivity index (χ0v) is 10.5. The van der Waals surface area contributed by atoms with Crippen LogP contribution in [-0.2, 0) is 0 Å². The van der Waals surface area contributed by atoms with Crippen molar-refractivity contribution in [2.24, 2.45) is 0 Å². The molecule has 0 aliphatic heterocycles. The fourth-order valence-electron chi connectivity index (χ4n) is 1.51. The quantitative estimate of drug-likeness (QED) is 0.873. The average Bonchev–Trinajstić information content (AvgIpc) is 2.34. The summed E-state index contributed by atoms with van der Waals surface area (Å²) in [5.74, 6) is 0.0694. The van der Waals surface area contributed by atoms with Gasteiger partial charge in [-0.1, -0.05) is 17.7 Å². The number of aryl methyl sites for hydroxylation is 1. The first kappa shape index (κ1) is 12.4. The highest BCUT2D eigenvalue weighted by Gasteiger charge is 2.08. The van der Waals surface area contributed by atoms with Crippen molar-refractivity contribution in [2.45, 2.75) is 6.92 Å². The molecule has 5 heteroatoms. The number of benzene rings is 1. The maximum absolute atomic E-state index is 12.0. The van der Waals surface area contributed by atoms with Gasteiger partial charge in [-0.15, -0.1) is 0 Å². The number of rotatable bonds is 2. The van der Waals surface area contributed by atoms with E-state index in [1.165, 1.54) is 12.3 Å². The second-order valence-electron chi connectivity index (χ2n) is 3.88. The molecule has 2 aromatic rings. The van der Waals surface area contributed by atoms with Crippen LogP contribution in [0.2, 0.25) is 5.02 Å². The van der Waals surface area contributed by atoms with Gasteiger partial charge in [0.15, 0.2) is 0 Å². The van der Waals surface area contributed by atoms with E-state index < -0.39 is 0 Å². The Hall–Kier alpha value is -2.07. The molecule has 0 aliphatic rings. The Morgan fingerprint density at radius 3 is 2.83 bits per heavy atom. The molecule has 0 radical (unpaired) electrons. The summed E-state index contributed by atoms with van der Waals surface area (Å²) in [6.45, 7) is 1.90. The fraction of sp³-hybridized carbons (Fsp3) is 0.0769. The Morgan fingerprint density at radius 1 is 1.33 bits per heavy atom. The molecule has 4 nitrogen and oxygen atoms in total. The van der Waals surface area contributed by atoms with Gasteiger partial charge in [0.05, 0.1) is 0 Å². The second kappa shape index (κ2) is 5.06. The fourth-order valence-corrected chi connectivity index (χ4v) is 1.69. The Bertz CT molecular complexity index is 599. The topological polar surface area (TPSA) is 68.0 Å². The third kappa shape index (κ3) is 2.78. The van der Waals surface area contributed by atoms with Gasteiger partial charge in [0.25, 0.3) is 5.91 Å². The van der Waals surface area contributed by atoms with Crippen molar-refractivity contribution >= 4 is 29.0 Å². The molecule has 18 heavy (non-hydrogen) atoms. The normalized spacial score (nSPS) is 10.1. The van der Waals surface area contributed by atoms with Crippen LogP contribution in [0.3, 0.4) is 0 Å². The number of halogens is 1. The monoisotopic (exact) mass is 261 g/mol. The van der Waals surface area contributed by atoms with E-state index in [0.29, 0.717) is 22.1 Å². The number of hydrogen-bond acceptors (Lipinski definition) is 3. The molecule has 1 aromatic carbocycles. The summed E-state index contributed by atoms with van der Waals surface area (Å²) in [5.41, 5.74) is 7.61. The van der Waals surface area contributed by atoms with Crippen molar-refractivity contribution in [3.8, 4) is 0 Å². The summed E-state index contributed by atoms with van der Waals surface area (Å²) in [6.07, 6.45) is 1.50. The van der Waals surface area contributed by atoms with Crippen LogP contribution < -0.4 is 11.1 Å². The summed E-state index contributed by atoms with van der Waals surface area (Å²) in [5, 5.41) is 3.36. The number of nitrogens with two attached hydrogens (primary N) is 1. The number of carbonyl (C=O) groups excluding carboxylic acids is 1. The van der Waals surface area contributed by atoms with Crippen molar-refractivity contribution in [3.05, 3.63) is 52.7 Å². The first-order valence-electron chi connectivity index (χ1n) is 5.35. The van der Waals surface area contributed by atoms with E-state index in [2.05, 4.69) is 10.3 Å². The van der Waals surface area contributed by atoms with E-state index in [1.807, 2.05) is 13.0 Å². The third-order valence-electron chi connectivity index (χ3n) is 2.49. The van der Waals surface area contributed by atoms with E-state index in [0.717, 1.165) is 5.56 Å². The number of carbonyl (C=O) groups is 1. The standard InChI is InChI=1S/C13H12ClN3O/c1-8-2-3-10(14)7-11(8)17-13(18)9-4-5-16-12(15)6-9/h2-7H,1H3,(H2,15,16)(H,17,18). The Kier molecular flexibility index (Phi) is 3.48. The van der Waals surface area contributed by atoms with E-state index in [4.69, 9.17) is 17.3 Å². The van der Waals surface area contributed by atoms with Gasteiger partial charge in [-0.2, -0.15) is 0 Å². The molecule has 0 spiro atoms. The van der Waals surface area contributed by atoms with Crippen LogP contribution in [0.1, 0.15) is 15.9 Å². The zero-order chi connectivity index (χ0) is 13.1. The zero-order valence-electron chi connectivity index (χ0n) is 9.77. The molecule has 0 bridgehead atoms. The van der Waals surface area contributed by atoms with Crippen LogP contribution in [0.25, 0.3) is 0 Å². The van der Waals surface area contributed by atoms with Crippen molar-refractivity contribution < 1.29 is 4.79 Å². The van der Waals surface area contributed by atoms with Crippen molar-refractivity contribution in [1.82, 2.24) is 4.98 Å². The summed E-state index contributed by atoms with van der Waals surface area (Å²) in [4.78, 5) is 15.8. The Balaban J connectivity index is 2.24. The second-order valence-corrected chi connectivity index (χ2v) is 4.32. The number of amides is 1. The van der Waals surface area contributed by atoms with Crippen LogP contribution in [0, 0.1) is 6.92 Å². The molecule has 0 saturated carbocycles. The summed E-state index contributed by atoms with van der Waals surface area (Å²) < 4.78 is 0. The van der Waals surface area contributed by atoms with Gasteiger partial charge in [-0.25, -0.2) is 4.98 Å². The lowest BCUT2D eigenvalue weighted by Crippen LogP contribution is -2.13. The largest absolute Gasteiger partial charge is 0.384 e. The Labute approximate surface area is 110 Å². The van der Waals surface area contributed by atoms with Crippen LogP contribution in [0.5, 0.6) is 0 Å². The molecule has 2 rings (SSSR count). The minimum absolute atomic E-state index is 0.241. The van der Waals surface area contributed by atoms with E-state index in [1.54, 1.807) is 18.2 Å². The van der Waals surface area contributed by atoms with Crippen LogP contribution in [-0.4, -0.2) is 10.9 Å². The highest BCUT2D eigenvalue weighted by molar-refractivity contribution is 6.31. The SMILES string of the molecule is Cc1ccc(Cl)cc1NC(=O)c1ccnc(N)c1. The summed E-state index contributed by atoms with van der Waals surface area (Å²) >= 11 is 5.89. The van der Waals surface area contributed by atoms with Crippen LogP contribution in [0.15, 0.2) is 36.5 Å². The first-order chi connectivity index (χ1) is 8.56. The highest BCUT2D eigenvalue weighted by atomic mass is 35.5. The average molecular weight is 262 g/mol. The smallest absolute Gasteiger partial charge is 0.255 e. The molecule has 1 amide bonds. The molecule has 0 fully saturated rings. The predicted molar refractivity (Wildman–Crippen MR) is 72.8 cm³/mol. The number of nitrogens with zero attached hydrogens (tertiary/aromatic N) is 1. The molecule has 3 N–H and O–H groups in total. The lowest BCUT2D eigenvalue weighted by atomic mass is 10.2. The summed E-state index contributed by atoms with van der Waals surface area (Å²) in [7, 11) is 0. The maximum Gasteiger partial charge on any atom is 0.255 e. The molecule has 1 aromatic heterocycles. The number of aromatic nitrogens is 1. The van der Waals surface area contributed by atoms with E-state index in [9.17, 15) is 4.79 Å². The molecule has 0 atom stereocenters. The van der Waals surface area contributed by atoms with Crippen molar-refractivity contribution in [3.63, 3.8) is 0 Å². The molecular formula is C13H12ClN3O. The van der Waals surface area contributed by atoms with E-state index >= 15 is 0 Å². The lowest BCUT2D eigenvalue weighted by molar-refractivity contribution is 0.102. The first-order valence-corrected chi connectivity index (χ1v) is 5.73. The number of nitrogens with one attached hydrogen (secondary N) is 1. The number of anilines is 2. The van der Waals surface area contributed by atoms with Gasteiger partial charge >= 0.3 is 0 Å². The van der Waals surface area contributed by atoms with Gasteiger partial charge in [0.1, 0.15) is 5.82 Å². The van der Waals surface area contributed by atoms with E-state index in [-0.39, 0.29) is 5.91 Å². The predicted octanol–water partition coefficient (Wildman–Crippen LogP) is 2.88. The molecule has 0 unspecified atom stereocenters. The molecule has 92 valence electrons. The van der Waals surface area contributed by atoms with Crippen LogP contribution >= 0.6 is 11.6 Å². The van der Waals surface area contributed by atoms with Crippen molar-refractivity contribution in [2.75, 3.05) is 11.1 Å². The number of pyridine rings is 1. The van der Waals surface area contributed by atoms with Gasteiger partial charge in [0, 0.05) is 22.5 Å². The van der Waals surface area contributed by atoms with Gasteiger partial charge in [-0.3, -0.25) is 4.79 Å². The Morgan fingerprint density at radius 2 is 2.11 bits per heavy atom. The van der Waals surface area contributed by atoms with Crippen LogP contribution in [0.4, 0.5) is 11.5 Å². The third-order valence-corrected chi connectivity index (χ3v) is 2.73. The molecule has 0 aliphatic carbocycles. The van der Waals surface area contributed by atoms with Gasteiger partial charge < -0.3 is 11.1 Å². The molecular weight excluding hydrogens is 250 g/mol. The van der Waals surface area contributed by atoms with Gasteiger partial charge in [-0.05, 0) is 36.8 Å². The number of hydrogen-bond donors (Lipinski definition) is 2. The molecule has 1 heterocycles.